The molecule has 0 saturated heterocycles. The van der Waals surface area contributed by atoms with Crippen LogP contribution >= 0.6 is 11.6 Å². The molecule has 0 saturated carbocycles. The number of carbonyl (C=O) groups is 2. The Hall–Kier alpha value is -2.54. The van der Waals surface area contributed by atoms with Gasteiger partial charge in [-0.1, -0.05) is 25.4 Å². The van der Waals surface area contributed by atoms with Crippen LogP contribution in [0.5, 0.6) is 5.75 Å². The zero-order chi connectivity index (χ0) is 20.7. The van der Waals surface area contributed by atoms with Gasteiger partial charge in [0, 0.05) is 24.5 Å². The third-order valence-electron chi connectivity index (χ3n) is 4.15. The Kier molecular flexibility index (Phi) is 7.87. The van der Waals surface area contributed by atoms with E-state index in [0.717, 1.165) is 12.1 Å². The van der Waals surface area contributed by atoms with Gasteiger partial charge in [-0.2, -0.15) is 5.10 Å². The molecule has 2 aromatic rings. The van der Waals surface area contributed by atoms with Crippen LogP contribution in [0.15, 0.2) is 24.3 Å². The second-order valence-corrected chi connectivity index (χ2v) is 7.24. The molecule has 1 aromatic carbocycles. The molecule has 0 aliphatic heterocycles. The number of benzene rings is 1. The van der Waals surface area contributed by atoms with Gasteiger partial charge in [0.2, 0.25) is 0 Å². The monoisotopic (exact) mass is 406 g/mol. The zero-order valence-corrected chi connectivity index (χ0v) is 17.5. The van der Waals surface area contributed by atoms with Gasteiger partial charge in [0.1, 0.15) is 5.75 Å². The van der Waals surface area contributed by atoms with Crippen molar-refractivity contribution in [2.45, 2.75) is 34.1 Å². The van der Waals surface area contributed by atoms with Crippen LogP contribution in [0.1, 0.15) is 43.9 Å². The van der Waals surface area contributed by atoms with Crippen molar-refractivity contribution in [2.75, 3.05) is 25.0 Å². The SMILES string of the molecule is CCN(CC)C(=O)COc1ccc(NC(=O)c2cc(CC(C)C)[nH]n2)cc1Cl. The van der Waals surface area contributed by atoms with Crippen molar-refractivity contribution < 1.29 is 14.3 Å². The predicted molar refractivity (Wildman–Crippen MR) is 110 cm³/mol. The summed E-state index contributed by atoms with van der Waals surface area (Å²) in [6.07, 6.45) is 0.824. The van der Waals surface area contributed by atoms with Crippen LogP contribution in [0.4, 0.5) is 5.69 Å². The molecule has 7 nitrogen and oxygen atoms in total. The first-order valence-corrected chi connectivity index (χ1v) is 9.77. The highest BCUT2D eigenvalue weighted by Gasteiger charge is 2.14. The van der Waals surface area contributed by atoms with Crippen molar-refractivity contribution in [3.63, 3.8) is 0 Å². The molecule has 0 spiro atoms. The number of ether oxygens (including phenoxy) is 1. The van der Waals surface area contributed by atoms with E-state index in [2.05, 4.69) is 29.4 Å². The van der Waals surface area contributed by atoms with Crippen molar-refractivity contribution in [1.82, 2.24) is 15.1 Å². The Morgan fingerprint density at radius 2 is 1.96 bits per heavy atom. The second kappa shape index (κ2) is 10.1. The van der Waals surface area contributed by atoms with Crippen molar-refractivity contribution in [1.29, 1.82) is 0 Å². The number of hydrogen-bond acceptors (Lipinski definition) is 4. The van der Waals surface area contributed by atoms with Crippen molar-refractivity contribution >= 4 is 29.1 Å². The molecule has 2 amide bonds. The van der Waals surface area contributed by atoms with Gasteiger partial charge in [-0.15, -0.1) is 0 Å². The number of halogens is 1. The summed E-state index contributed by atoms with van der Waals surface area (Å²) in [6.45, 7) is 9.20. The number of carbonyl (C=O) groups excluding carboxylic acids is 2. The lowest BCUT2D eigenvalue weighted by Gasteiger charge is -2.19. The molecule has 1 heterocycles. The normalized spacial score (nSPS) is 10.8. The van der Waals surface area contributed by atoms with E-state index in [1.165, 1.54) is 0 Å². The van der Waals surface area contributed by atoms with Crippen LogP contribution in [0.3, 0.4) is 0 Å². The lowest BCUT2D eigenvalue weighted by Crippen LogP contribution is -2.34. The zero-order valence-electron chi connectivity index (χ0n) is 16.7. The van der Waals surface area contributed by atoms with E-state index >= 15 is 0 Å². The van der Waals surface area contributed by atoms with E-state index in [-0.39, 0.29) is 18.4 Å². The number of nitrogens with one attached hydrogen (secondary N) is 2. The Morgan fingerprint density at radius 3 is 2.57 bits per heavy atom. The number of aromatic nitrogens is 2. The summed E-state index contributed by atoms with van der Waals surface area (Å²) in [5, 5.41) is 10.00. The van der Waals surface area contributed by atoms with Gasteiger partial charge < -0.3 is 15.0 Å². The molecular weight excluding hydrogens is 380 g/mol. The molecule has 1 aromatic heterocycles. The highest BCUT2D eigenvalue weighted by molar-refractivity contribution is 6.32. The average Bonchev–Trinajstić information content (AvgIpc) is 3.10. The minimum absolute atomic E-state index is 0.0843. The molecule has 0 aliphatic carbocycles. The Morgan fingerprint density at radius 1 is 1.25 bits per heavy atom. The first-order chi connectivity index (χ1) is 13.3. The maximum absolute atomic E-state index is 12.3. The van der Waals surface area contributed by atoms with E-state index in [1.807, 2.05) is 13.8 Å². The van der Waals surface area contributed by atoms with Crippen LogP contribution < -0.4 is 10.1 Å². The standard InChI is InChI=1S/C20H27ClN4O3/c1-5-25(6-2)19(26)12-28-18-8-7-14(10-16(18)21)22-20(27)17-11-15(23-24-17)9-13(3)4/h7-8,10-11,13H,5-6,9,12H2,1-4H3,(H,22,27)(H,23,24). The number of nitrogens with zero attached hydrogens (tertiary/aromatic N) is 2. The van der Waals surface area contributed by atoms with Gasteiger partial charge in [0.05, 0.1) is 5.02 Å². The van der Waals surface area contributed by atoms with Gasteiger partial charge in [0.15, 0.2) is 12.3 Å². The van der Waals surface area contributed by atoms with Crippen molar-refractivity contribution in [3.8, 4) is 5.75 Å². The smallest absolute Gasteiger partial charge is 0.276 e. The molecule has 0 aliphatic rings. The highest BCUT2D eigenvalue weighted by atomic mass is 35.5. The largest absolute Gasteiger partial charge is 0.482 e. The number of hydrogen-bond donors (Lipinski definition) is 2. The van der Waals surface area contributed by atoms with Crippen LogP contribution in [0.25, 0.3) is 0 Å². The van der Waals surface area contributed by atoms with Gasteiger partial charge in [-0.25, -0.2) is 0 Å². The summed E-state index contributed by atoms with van der Waals surface area (Å²) in [7, 11) is 0. The van der Waals surface area contributed by atoms with E-state index in [9.17, 15) is 9.59 Å². The molecule has 8 heteroatoms. The minimum atomic E-state index is -0.326. The van der Waals surface area contributed by atoms with E-state index in [0.29, 0.717) is 41.2 Å². The Bertz CT molecular complexity index is 816. The lowest BCUT2D eigenvalue weighted by molar-refractivity contribution is -0.132. The fourth-order valence-electron chi connectivity index (χ4n) is 2.72. The maximum atomic E-state index is 12.3. The molecule has 0 bridgehead atoms. The summed E-state index contributed by atoms with van der Waals surface area (Å²) < 4.78 is 5.51. The maximum Gasteiger partial charge on any atom is 0.276 e. The molecule has 0 atom stereocenters. The molecule has 0 unspecified atom stereocenters. The van der Waals surface area contributed by atoms with Crippen molar-refractivity contribution in [3.05, 3.63) is 40.7 Å². The first-order valence-electron chi connectivity index (χ1n) is 9.39. The second-order valence-electron chi connectivity index (χ2n) is 6.83. The Balaban J connectivity index is 1.97. The number of amides is 2. The first kappa shape index (κ1) is 21.8. The van der Waals surface area contributed by atoms with Crippen LogP contribution in [-0.4, -0.2) is 46.6 Å². The van der Waals surface area contributed by atoms with Gasteiger partial charge in [-0.3, -0.25) is 14.7 Å². The third-order valence-corrected chi connectivity index (χ3v) is 4.44. The fraction of sp³-hybridized carbons (Fsp3) is 0.450. The van der Waals surface area contributed by atoms with Gasteiger partial charge in [0.25, 0.3) is 11.8 Å². The number of aromatic amines is 1. The summed E-state index contributed by atoms with van der Waals surface area (Å²) in [5.41, 5.74) is 1.75. The molecule has 0 radical (unpaired) electrons. The van der Waals surface area contributed by atoms with Crippen molar-refractivity contribution in [2.24, 2.45) is 5.92 Å². The number of rotatable bonds is 9. The number of likely N-dealkylation sites (N-methyl/N-ethyl adjacent to an activating group) is 1. The molecular formula is C20H27ClN4O3. The van der Waals surface area contributed by atoms with Crippen LogP contribution in [-0.2, 0) is 11.2 Å². The fourth-order valence-corrected chi connectivity index (χ4v) is 2.96. The topological polar surface area (TPSA) is 87.3 Å². The summed E-state index contributed by atoms with van der Waals surface area (Å²) in [4.78, 5) is 26.0. The van der Waals surface area contributed by atoms with Crippen LogP contribution in [0.2, 0.25) is 5.02 Å². The number of anilines is 1. The summed E-state index contributed by atoms with van der Waals surface area (Å²) >= 11 is 6.23. The van der Waals surface area contributed by atoms with Gasteiger partial charge in [-0.05, 0) is 50.5 Å². The molecule has 152 valence electrons. The molecule has 2 N–H and O–H groups in total. The van der Waals surface area contributed by atoms with Crippen LogP contribution in [0, 0.1) is 5.92 Å². The molecule has 0 fully saturated rings. The van der Waals surface area contributed by atoms with E-state index in [4.69, 9.17) is 16.3 Å². The number of H-pyrrole nitrogens is 1. The molecule has 2 rings (SSSR count). The summed E-state index contributed by atoms with van der Waals surface area (Å²) in [6, 6.07) is 6.62. The predicted octanol–water partition coefficient (Wildman–Crippen LogP) is 3.76. The van der Waals surface area contributed by atoms with E-state index in [1.54, 1.807) is 29.2 Å². The lowest BCUT2D eigenvalue weighted by atomic mass is 10.1. The van der Waals surface area contributed by atoms with E-state index < -0.39 is 0 Å². The third kappa shape index (κ3) is 5.99. The quantitative estimate of drug-likeness (QED) is 0.663. The highest BCUT2D eigenvalue weighted by Crippen LogP contribution is 2.28. The van der Waals surface area contributed by atoms with Gasteiger partial charge >= 0.3 is 0 Å². The summed E-state index contributed by atoms with van der Waals surface area (Å²) in [5.74, 6) is 0.428. The average molecular weight is 407 g/mol. The Labute approximate surface area is 170 Å². The minimum Gasteiger partial charge on any atom is -0.482 e. The molecule has 28 heavy (non-hydrogen) atoms.